The van der Waals surface area contributed by atoms with Crippen molar-refractivity contribution < 1.29 is 9.18 Å². The molecule has 1 unspecified atom stereocenters. The summed E-state index contributed by atoms with van der Waals surface area (Å²) in [5.74, 6) is -0.425. The van der Waals surface area contributed by atoms with Gasteiger partial charge in [0.25, 0.3) is 5.91 Å². The van der Waals surface area contributed by atoms with Crippen molar-refractivity contribution in [1.29, 1.82) is 0 Å². The van der Waals surface area contributed by atoms with Gasteiger partial charge in [0.2, 0.25) is 0 Å². The highest BCUT2D eigenvalue weighted by atomic mass is 32.1. The van der Waals surface area contributed by atoms with Gasteiger partial charge in [-0.05, 0) is 43.7 Å². The summed E-state index contributed by atoms with van der Waals surface area (Å²) in [4.78, 5) is 16.5. The molecule has 1 aliphatic heterocycles. The molecule has 0 radical (unpaired) electrons. The first-order chi connectivity index (χ1) is 10.2. The largest absolute Gasteiger partial charge is 0.347 e. The molecule has 0 spiro atoms. The average Bonchev–Trinajstić information content (AvgIpc) is 2.99. The van der Waals surface area contributed by atoms with Gasteiger partial charge in [0, 0.05) is 23.5 Å². The lowest BCUT2D eigenvalue weighted by molar-refractivity contribution is 0.0926. The van der Waals surface area contributed by atoms with Crippen LogP contribution in [0, 0.1) is 5.82 Å². The van der Waals surface area contributed by atoms with E-state index in [-0.39, 0.29) is 17.8 Å². The molecular weight excluding hydrogens is 289 g/mol. The van der Waals surface area contributed by atoms with Crippen LogP contribution in [-0.4, -0.2) is 30.0 Å². The average molecular weight is 305 g/mol. The van der Waals surface area contributed by atoms with E-state index in [1.165, 1.54) is 23.5 Å². The number of benzene rings is 1. The summed E-state index contributed by atoms with van der Waals surface area (Å²) in [7, 11) is 0. The summed E-state index contributed by atoms with van der Waals surface area (Å²) in [5.41, 5.74) is 1.24. The van der Waals surface area contributed by atoms with Crippen LogP contribution in [0.3, 0.4) is 0 Å². The van der Waals surface area contributed by atoms with E-state index in [1.54, 1.807) is 17.5 Å². The van der Waals surface area contributed by atoms with Gasteiger partial charge in [0.1, 0.15) is 16.5 Å². The van der Waals surface area contributed by atoms with Crippen LogP contribution in [0.4, 0.5) is 4.39 Å². The molecule has 1 amide bonds. The Bertz CT molecular complexity index is 620. The lowest BCUT2D eigenvalue weighted by Gasteiger charge is -2.23. The molecule has 4 nitrogen and oxygen atoms in total. The molecule has 2 heterocycles. The van der Waals surface area contributed by atoms with Crippen LogP contribution in [0.25, 0.3) is 10.6 Å². The Morgan fingerprint density at radius 3 is 2.90 bits per heavy atom. The number of nitrogens with one attached hydrogen (secondary N) is 2. The topological polar surface area (TPSA) is 54.0 Å². The van der Waals surface area contributed by atoms with Gasteiger partial charge in [-0.3, -0.25) is 4.79 Å². The molecule has 0 bridgehead atoms. The van der Waals surface area contributed by atoms with Crippen LogP contribution in [0.15, 0.2) is 29.6 Å². The molecule has 110 valence electrons. The predicted molar refractivity (Wildman–Crippen MR) is 80.9 cm³/mol. The molecule has 21 heavy (non-hydrogen) atoms. The van der Waals surface area contributed by atoms with Gasteiger partial charge >= 0.3 is 0 Å². The van der Waals surface area contributed by atoms with Crippen molar-refractivity contribution in [3.05, 3.63) is 41.2 Å². The molecule has 0 aliphatic carbocycles. The van der Waals surface area contributed by atoms with E-state index in [4.69, 9.17) is 0 Å². The molecule has 1 aromatic heterocycles. The molecular formula is C15H16FN3OS. The van der Waals surface area contributed by atoms with E-state index >= 15 is 0 Å². The van der Waals surface area contributed by atoms with E-state index in [2.05, 4.69) is 15.6 Å². The monoisotopic (exact) mass is 305 g/mol. The first kappa shape index (κ1) is 14.2. The maximum Gasteiger partial charge on any atom is 0.271 e. The van der Waals surface area contributed by atoms with E-state index in [9.17, 15) is 9.18 Å². The second kappa shape index (κ2) is 6.32. The fourth-order valence-electron chi connectivity index (χ4n) is 2.34. The Labute approximate surface area is 126 Å². The lowest BCUT2D eigenvalue weighted by Crippen LogP contribution is -2.45. The highest BCUT2D eigenvalue weighted by molar-refractivity contribution is 7.13. The Hall–Kier alpha value is -1.79. The fourth-order valence-corrected chi connectivity index (χ4v) is 3.14. The number of nitrogens with zero attached hydrogens (tertiary/aromatic N) is 1. The summed E-state index contributed by atoms with van der Waals surface area (Å²) in [5, 5.41) is 8.72. The van der Waals surface area contributed by atoms with Crippen molar-refractivity contribution in [3.8, 4) is 10.6 Å². The second-order valence-electron chi connectivity index (χ2n) is 5.06. The zero-order chi connectivity index (χ0) is 14.7. The summed E-state index contributed by atoms with van der Waals surface area (Å²) >= 11 is 1.39. The summed E-state index contributed by atoms with van der Waals surface area (Å²) in [6.45, 7) is 1.82. The Balaban J connectivity index is 1.69. The third-order valence-electron chi connectivity index (χ3n) is 3.46. The highest BCUT2D eigenvalue weighted by Gasteiger charge is 2.18. The number of aromatic nitrogens is 1. The minimum atomic E-state index is -0.280. The van der Waals surface area contributed by atoms with Crippen molar-refractivity contribution >= 4 is 17.2 Å². The molecule has 0 saturated carbocycles. The molecule has 1 aliphatic rings. The zero-order valence-corrected chi connectivity index (χ0v) is 12.3. The van der Waals surface area contributed by atoms with E-state index in [0.29, 0.717) is 5.69 Å². The number of rotatable bonds is 3. The van der Waals surface area contributed by atoms with Gasteiger partial charge < -0.3 is 10.6 Å². The van der Waals surface area contributed by atoms with Crippen molar-refractivity contribution in [1.82, 2.24) is 15.6 Å². The van der Waals surface area contributed by atoms with Gasteiger partial charge in [0.05, 0.1) is 0 Å². The smallest absolute Gasteiger partial charge is 0.271 e. The van der Waals surface area contributed by atoms with Gasteiger partial charge in [-0.2, -0.15) is 0 Å². The lowest BCUT2D eigenvalue weighted by atomic mass is 10.1. The molecule has 2 aromatic rings. The van der Waals surface area contributed by atoms with E-state index < -0.39 is 0 Å². The van der Waals surface area contributed by atoms with Crippen LogP contribution in [-0.2, 0) is 0 Å². The molecule has 1 aromatic carbocycles. The number of amides is 1. The first-order valence-corrected chi connectivity index (χ1v) is 7.83. The van der Waals surface area contributed by atoms with Crippen molar-refractivity contribution in [2.45, 2.75) is 18.9 Å². The molecule has 2 N–H and O–H groups in total. The van der Waals surface area contributed by atoms with Crippen LogP contribution in [0.1, 0.15) is 23.3 Å². The van der Waals surface area contributed by atoms with Gasteiger partial charge in [-0.15, -0.1) is 11.3 Å². The molecule has 3 rings (SSSR count). The molecule has 1 atom stereocenters. The number of carbonyl (C=O) groups is 1. The number of piperidine rings is 1. The highest BCUT2D eigenvalue weighted by Crippen LogP contribution is 2.23. The van der Waals surface area contributed by atoms with Crippen LogP contribution >= 0.6 is 11.3 Å². The predicted octanol–water partition coefficient (Wildman–Crippen LogP) is 2.43. The maximum atomic E-state index is 12.9. The first-order valence-electron chi connectivity index (χ1n) is 6.95. The van der Waals surface area contributed by atoms with Gasteiger partial charge in [0.15, 0.2) is 0 Å². The zero-order valence-electron chi connectivity index (χ0n) is 11.4. The Morgan fingerprint density at radius 2 is 2.19 bits per heavy atom. The Morgan fingerprint density at radius 1 is 1.38 bits per heavy atom. The van der Waals surface area contributed by atoms with E-state index in [1.807, 2.05) is 0 Å². The Kier molecular flexibility index (Phi) is 4.26. The van der Waals surface area contributed by atoms with Crippen molar-refractivity contribution in [2.75, 3.05) is 13.1 Å². The standard InChI is InChI=1S/C15H16FN3OS/c16-11-5-3-10(4-6-11)15-19-13(9-21-15)14(20)18-12-2-1-7-17-8-12/h3-6,9,12,17H,1-2,7-8H2,(H,18,20). The molecule has 1 fully saturated rings. The normalized spacial score (nSPS) is 18.4. The molecule has 1 saturated heterocycles. The number of halogens is 1. The minimum absolute atomic E-state index is 0.145. The third-order valence-corrected chi connectivity index (χ3v) is 4.35. The van der Waals surface area contributed by atoms with Crippen LogP contribution < -0.4 is 10.6 Å². The summed E-state index contributed by atoms with van der Waals surface area (Å²) in [6.07, 6.45) is 2.07. The maximum absolute atomic E-state index is 12.9. The quantitative estimate of drug-likeness (QED) is 0.916. The number of thiazole rings is 1. The SMILES string of the molecule is O=C(NC1CCCNC1)c1csc(-c2ccc(F)cc2)n1. The fraction of sp³-hybridized carbons (Fsp3) is 0.333. The minimum Gasteiger partial charge on any atom is -0.347 e. The summed E-state index contributed by atoms with van der Waals surface area (Å²) in [6, 6.07) is 6.29. The van der Waals surface area contributed by atoms with Crippen LogP contribution in [0.5, 0.6) is 0 Å². The van der Waals surface area contributed by atoms with E-state index in [0.717, 1.165) is 36.5 Å². The molecule has 6 heteroatoms. The number of hydrogen-bond donors (Lipinski definition) is 2. The number of hydrogen-bond acceptors (Lipinski definition) is 4. The summed E-state index contributed by atoms with van der Waals surface area (Å²) < 4.78 is 12.9. The second-order valence-corrected chi connectivity index (χ2v) is 5.92. The van der Waals surface area contributed by atoms with Crippen LogP contribution in [0.2, 0.25) is 0 Å². The van der Waals surface area contributed by atoms with Gasteiger partial charge in [-0.1, -0.05) is 0 Å². The van der Waals surface area contributed by atoms with Crippen molar-refractivity contribution in [2.24, 2.45) is 0 Å². The van der Waals surface area contributed by atoms with Gasteiger partial charge in [-0.25, -0.2) is 9.37 Å². The number of carbonyl (C=O) groups excluding carboxylic acids is 1. The third kappa shape index (κ3) is 3.46. The van der Waals surface area contributed by atoms with Crippen molar-refractivity contribution in [3.63, 3.8) is 0 Å².